The van der Waals surface area contributed by atoms with Gasteiger partial charge in [0, 0.05) is 52.4 Å². The van der Waals surface area contributed by atoms with E-state index in [0.717, 1.165) is 63.1 Å². The first-order chi connectivity index (χ1) is 17.8. The highest BCUT2D eigenvalue weighted by atomic mass is 16.5. The van der Waals surface area contributed by atoms with Crippen molar-refractivity contribution in [2.75, 3.05) is 24.6 Å². The first-order valence-corrected chi connectivity index (χ1v) is 12.7. The van der Waals surface area contributed by atoms with E-state index in [4.69, 9.17) is 14.7 Å². The highest BCUT2D eigenvalue weighted by Gasteiger charge is 2.35. The molecule has 8 nitrogen and oxygen atoms in total. The molecule has 3 aliphatic rings. The van der Waals surface area contributed by atoms with Crippen LogP contribution in [0.15, 0.2) is 60.9 Å². The Kier molecular flexibility index (Phi) is 4.26. The van der Waals surface area contributed by atoms with E-state index in [1.54, 1.807) is 0 Å². The predicted molar refractivity (Wildman–Crippen MR) is 140 cm³/mol. The number of benzene rings is 1. The van der Waals surface area contributed by atoms with Crippen LogP contribution in [0, 0.1) is 0 Å². The Labute approximate surface area is 207 Å². The molecule has 2 N–H and O–H groups in total. The maximum Gasteiger partial charge on any atom is 0.163 e. The first kappa shape index (κ1) is 20.0. The summed E-state index contributed by atoms with van der Waals surface area (Å²) in [6.07, 6.45) is 11.4. The number of nitrogens with zero attached hydrogens (tertiary/aromatic N) is 5. The van der Waals surface area contributed by atoms with Crippen molar-refractivity contribution in [2.24, 2.45) is 0 Å². The van der Waals surface area contributed by atoms with Gasteiger partial charge in [-0.1, -0.05) is 24.6 Å². The Morgan fingerprint density at radius 1 is 1.03 bits per heavy atom. The van der Waals surface area contributed by atoms with Crippen molar-refractivity contribution < 1.29 is 4.74 Å². The van der Waals surface area contributed by atoms with Crippen LogP contribution in [0.3, 0.4) is 0 Å². The highest BCUT2D eigenvalue weighted by Crippen LogP contribution is 2.43. The molecule has 8 rings (SSSR count). The minimum atomic E-state index is 0.123. The molecule has 0 bridgehead atoms. The third kappa shape index (κ3) is 2.87. The van der Waals surface area contributed by atoms with E-state index in [1.807, 2.05) is 36.9 Å². The van der Waals surface area contributed by atoms with Gasteiger partial charge in [0.1, 0.15) is 29.9 Å². The van der Waals surface area contributed by atoms with Gasteiger partial charge in [0.05, 0.1) is 18.3 Å². The van der Waals surface area contributed by atoms with Crippen LogP contribution in [0.4, 0.5) is 5.82 Å². The fourth-order valence-corrected chi connectivity index (χ4v) is 5.94. The second kappa shape index (κ2) is 7.65. The Morgan fingerprint density at radius 2 is 1.97 bits per heavy atom. The van der Waals surface area contributed by atoms with Crippen LogP contribution in [-0.2, 0) is 4.74 Å². The number of nitrogens with one attached hydrogen (secondary N) is 2. The van der Waals surface area contributed by atoms with Gasteiger partial charge in [-0.25, -0.2) is 15.0 Å². The van der Waals surface area contributed by atoms with Crippen molar-refractivity contribution in [1.29, 1.82) is 0 Å². The number of hydrogen-bond donors (Lipinski definition) is 2. The third-order valence-electron chi connectivity index (χ3n) is 7.94. The number of fused-ring (bicyclic) bond motifs is 5. The zero-order valence-corrected chi connectivity index (χ0v) is 19.7. The molecule has 1 saturated carbocycles. The molecule has 1 unspecified atom stereocenters. The van der Waals surface area contributed by atoms with Crippen molar-refractivity contribution in [3.05, 3.63) is 66.4 Å². The number of hydrogen-bond acceptors (Lipinski definition) is 7. The van der Waals surface area contributed by atoms with Gasteiger partial charge in [-0.05, 0) is 36.5 Å². The van der Waals surface area contributed by atoms with Crippen LogP contribution in [0.1, 0.15) is 30.7 Å². The zero-order valence-electron chi connectivity index (χ0n) is 19.7. The van der Waals surface area contributed by atoms with Crippen LogP contribution < -0.4 is 10.2 Å². The lowest BCUT2D eigenvalue weighted by Crippen LogP contribution is -2.46. The largest absolute Gasteiger partial charge is 0.492 e. The van der Waals surface area contributed by atoms with E-state index in [-0.39, 0.29) is 6.04 Å². The average Bonchev–Trinajstić information content (AvgIpc) is 3.51. The smallest absolute Gasteiger partial charge is 0.163 e. The number of H-pyrrole nitrogens is 1. The van der Waals surface area contributed by atoms with Crippen molar-refractivity contribution in [3.63, 3.8) is 0 Å². The predicted octanol–water partition coefficient (Wildman–Crippen LogP) is 4.64. The third-order valence-corrected chi connectivity index (χ3v) is 7.94. The van der Waals surface area contributed by atoms with E-state index in [1.165, 1.54) is 24.8 Å². The maximum atomic E-state index is 5.97. The summed E-state index contributed by atoms with van der Waals surface area (Å²) in [7, 11) is 0. The van der Waals surface area contributed by atoms with E-state index in [0.29, 0.717) is 18.3 Å². The average molecular weight is 476 g/mol. The molecule has 2 aliphatic heterocycles. The monoisotopic (exact) mass is 475 g/mol. The zero-order chi connectivity index (χ0) is 23.6. The summed E-state index contributed by atoms with van der Waals surface area (Å²) in [6.45, 7) is 2.22. The minimum absolute atomic E-state index is 0.123. The second-order valence-corrected chi connectivity index (χ2v) is 9.89. The fraction of sp³-hybridized carbons (Fsp3) is 0.286. The second-order valence-electron chi connectivity index (χ2n) is 9.89. The number of ether oxygens (including phenoxy) is 1. The Hall–Kier alpha value is -4.20. The van der Waals surface area contributed by atoms with Crippen molar-refractivity contribution in [2.45, 2.75) is 31.2 Å². The molecule has 0 radical (unpaired) electrons. The Balaban J connectivity index is 1.41. The summed E-state index contributed by atoms with van der Waals surface area (Å²) in [5, 5.41) is 6.67. The fourth-order valence-electron chi connectivity index (χ4n) is 5.94. The van der Waals surface area contributed by atoms with E-state index >= 15 is 0 Å². The number of pyridine rings is 2. The normalized spacial score (nSPS) is 19.7. The lowest BCUT2D eigenvalue weighted by atomic mass is 9.79. The topological polar surface area (TPSA) is 91.9 Å². The summed E-state index contributed by atoms with van der Waals surface area (Å²) in [5.74, 6) is 3.18. The molecule has 5 aromatic rings. The molecule has 1 aromatic carbocycles. The summed E-state index contributed by atoms with van der Waals surface area (Å²) in [5.41, 5.74) is 5.05. The van der Waals surface area contributed by atoms with E-state index < -0.39 is 0 Å². The summed E-state index contributed by atoms with van der Waals surface area (Å²) in [4.78, 5) is 25.5. The van der Waals surface area contributed by atoms with Gasteiger partial charge >= 0.3 is 0 Å². The molecule has 4 aromatic heterocycles. The summed E-state index contributed by atoms with van der Waals surface area (Å²) >= 11 is 0. The van der Waals surface area contributed by atoms with Gasteiger partial charge in [0.15, 0.2) is 5.82 Å². The number of aromatic nitrogens is 5. The molecule has 36 heavy (non-hydrogen) atoms. The minimum Gasteiger partial charge on any atom is -0.492 e. The van der Waals surface area contributed by atoms with Crippen molar-refractivity contribution >= 4 is 38.7 Å². The molecular formula is C28H25N7O. The maximum absolute atomic E-state index is 5.97. The number of para-hydroxylation sites is 1. The lowest BCUT2D eigenvalue weighted by molar-refractivity contribution is 0.174. The van der Waals surface area contributed by atoms with Gasteiger partial charge in [-0.15, -0.1) is 0 Å². The molecule has 1 aliphatic carbocycles. The van der Waals surface area contributed by atoms with Crippen molar-refractivity contribution in [1.82, 2.24) is 30.2 Å². The van der Waals surface area contributed by atoms with Crippen LogP contribution >= 0.6 is 0 Å². The van der Waals surface area contributed by atoms with Crippen molar-refractivity contribution in [3.8, 4) is 11.4 Å². The highest BCUT2D eigenvalue weighted by molar-refractivity contribution is 6.12. The molecular weight excluding hydrogens is 450 g/mol. The van der Waals surface area contributed by atoms with Gasteiger partial charge in [-0.3, -0.25) is 4.98 Å². The molecule has 0 spiro atoms. The molecule has 0 amide bonds. The molecule has 178 valence electrons. The van der Waals surface area contributed by atoms with Gasteiger partial charge in [0.25, 0.3) is 0 Å². The van der Waals surface area contributed by atoms with Crippen LogP contribution in [0.25, 0.3) is 44.2 Å². The lowest BCUT2D eigenvalue weighted by Gasteiger charge is -2.37. The summed E-state index contributed by atoms with van der Waals surface area (Å²) in [6, 6.07) is 10.4. The summed E-state index contributed by atoms with van der Waals surface area (Å²) < 4.78 is 5.97. The first-order valence-electron chi connectivity index (χ1n) is 12.7. The SMILES string of the molecule is C1=C2OCCN(c3nc(-c4ccnc5[nH]c6ccccc6c45)nc4cncc(C5CCC5)c34)C2CN1. The number of anilines is 1. The molecule has 1 saturated heterocycles. The Bertz CT molecular complexity index is 1690. The van der Waals surface area contributed by atoms with E-state index in [9.17, 15) is 0 Å². The van der Waals surface area contributed by atoms with Gasteiger partial charge in [-0.2, -0.15) is 0 Å². The molecule has 8 heteroatoms. The van der Waals surface area contributed by atoms with Crippen LogP contribution in [-0.4, -0.2) is 50.7 Å². The number of rotatable bonds is 3. The van der Waals surface area contributed by atoms with Crippen LogP contribution in [0.5, 0.6) is 0 Å². The quantitative estimate of drug-likeness (QED) is 0.393. The van der Waals surface area contributed by atoms with Gasteiger partial charge < -0.3 is 19.9 Å². The molecule has 1 atom stereocenters. The molecule has 6 heterocycles. The Morgan fingerprint density at radius 3 is 2.89 bits per heavy atom. The van der Waals surface area contributed by atoms with E-state index in [2.05, 4.69) is 43.4 Å². The standard InChI is InChI=1S/C28H25N7O/c1-2-7-20-17(6-1)24-18(8-9-31-27(24)32-20)26-33-21-13-29-12-19(16-4-3-5-16)25(21)28(34-26)35-10-11-36-23-15-30-14-22(23)35/h1-2,6-9,12-13,15-16,22,30H,3-5,10-11,14H2,(H,31,32). The van der Waals surface area contributed by atoms with Crippen LogP contribution in [0.2, 0.25) is 0 Å². The number of aromatic amines is 1. The number of morpholine rings is 1. The van der Waals surface area contributed by atoms with Gasteiger partial charge in [0.2, 0.25) is 0 Å². The molecule has 2 fully saturated rings.